The van der Waals surface area contributed by atoms with E-state index in [1.54, 1.807) is 0 Å². The van der Waals surface area contributed by atoms with E-state index < -0.39 is 12.8 Å². The number of halogens is 1. The van der Waals surface area contributed by atoms with Crippen molar-refractivity contribution in [2.75, 3.05) is 19.8 Å². The van der Waals surface area contributed by atoms with Crippen LogP contribution in [0.25, 0.3) is 0 Å². The van der Waals surface area contributed by atoms with Gasteiger partial charge in [-0.3, -0.25) is 0 Å². The van der Waals surface area contributed by atoms with Gasteiger partial charge in [0.15, 0.2) is 0 Å². The number of alkyl halides is 1. The van der Waals surface area contributed by atoms with E-state index in [1.165, 1.54) is 0 Å². The summed E-state index contributed by atoms with van der Waals surface area (Å²) in [5, 5.41) is 12.0. The number of ether oxygens (including phenoxy) is 1. The fraction of sp³-hybridized carbons (Fsp3) is 1.00. The largest absolute Gasteiger partial charge is 0.389 e. The molecule has 0 aromatic rings. The summed E-state index contributed by atoms with van der Waals surface area (Å²) in [5.74, 6) is 0. The Bertz CT molecular complexity index is 138. The highest BCUT2D eigenvalue weighted by Gasteiger charge is 2.18. The van der Waals surface area contributed by atoms with Gasteiger partial charge in [0.2, 0.25) is 0 Å². The number of nitrogens with one attached hydrogen (secondary N) is 1. The molecule has 1 aliphatic rings. The predicted octanol–water partition coefficient (Wildman–Crippen LogP) is 0.474. The Hall–Kier alpha value is -0.190. The third kappa shape index (κ3) is 4.02. The summed E-state index contributed by atoms with van der Waals surface area (Å²) in [6.45, 7) is 2.35. The number of aliphatic hydroxyl groups excluding tert-OH is 1. The first-order valence-electron chi connectivity index (χ1n) is 4.81. The normalized spacial score (nSPS) is 31.6. The highest BCUT2D eigenvalue weighted by atomic mass is 19.1. The standard InChI is InChI=1S/C9H18FNO2/c1-7-2-3-8(6-13-7)11-5-9(12)4-10/h7-9,11-12H,2-6H2,1H3. The maximum absolute atomic E-state index is 11.9. The van der Waals surface area contributed by atoms with Crippen molar-refractivity contribution in [2.45, 2.75) is 38.0 Å². The summed E-state index contributed by atoms with van der Waals surface area (Å²) < 4.78 is 17.3. The fourth-order valence-electron chi connectivity index (χ4n) is 1.40. The van der Waals surface area contributed by atoms with Crippen LogP contribution < -0.4 is 5.32 Å². The average molecular weight is 191 g/mol. The Labute approximate surface area is 78.3 Å². The number of hydrogen-bond donors (Lipinski definition) is 2. The zero-order valence-corrected chi connectivity index (χ0v) is 8.00. The maximum Gasteiger partial charge on any atom is 0.117 e. The second-order valence-corrected chi connectivity index (χ2v) is 3.63. The molecule has 4 heteroatoms. The van der Waals surface area contributed by atoms with Gasteiger partial charge < -0.3 is 15.2 Å². The molecule has 1 saturated heterocycles. The molecule has 0 aromatic heterocycles. The van der Waals surface area contributed by atoms with E-state index in [2.05, 4.69) is 5.32 Å². The van der Waals surface area contributed by atoms with Gasteiger partial charge in [-0.2, -0.15) is 0 Å². The molecule has 3 unspecified atom stereocenters. The molecule has 2 N–H and O–H groups in total. The number of rotatable bonds is 4. The molecule has 0 aromatic carbocycles. The summed E-state index contributed by atoms with van der Waals surface area (Å²) in [5.41, 5.74) is 0. The lowest BCUT2D eigenvalue weighted by Gasteiger charge is -2.28. The topological polar surface area (TPSA) is 41.5 Å². The first-order valence-corrected chi connectivity index (χ1v) is 4.81. The van der Waals surface area contributed by atoms with Gasteiger partial charge >= 0.3 is 0 Å². The van der Waals surface area contributed by atoms with Gasteiger partial charge in [0.1, 0.15) is 6.67 Å². The van der Waals surface area contributed by atoms with Crippen LogP contribution >= 0.6 is 0 Å². The van der Waals surface area contributed by atoms with Gasteiger partial charge in [0.05, 0.1) is 18.8 Å². The molecule has 0 spiro atoms. The van der Waals surface area contributed by atoms with Crippen molar-refractivity contribution in [1.82, 2.24) is 5.32 Å². The minimum absolute atomic E-state index is 0.275. The molecule has 0 amide bonds. The van der Waals surface area contributed by atoms with Crippen molar-refractivity contribution in [2.24, 2.45) is 0 Å². The van der Waals surface area contributed by atoms with E-state index in [0.717, 1.165) is 12.8 Å². The lowest BCUT2D eigenvalue weighted by Crippen LogP contribution is -2.42. The monoisotopic (exact) mass is 191 g/mol. The Morgan fingerprint density at radius 1 is 1.62 bits per heavy atom. The Kier molecular flexibility index (Phi) is 4.62. The van der Waals surface area contributed by atoms with Gasteiger partial charge in [-0.05, 0) is 19.8 Å². The number of hydrogen-bond acceptors (Lipinski definition) is 3. The Morgan fingerprint density at radius 3 is 2.92 bits per heavy atom. The lowest BCUT2D eigenvalue weighted by atomic mass is 10.1. The molecule has 1 rings (SSSR count). The summed E-state index contributed by atoms with van der Waals surface area (Å²) in [7, 11) is 0. The van der Waals surface area contributed by atoms with Crippen molar-refractivity contribution >= 4 is 0 Å². The molecule has 0 saturated carbocycles. The molecular weight excluding hydrogens is 173 g/mol. The average Bonchev–Trinajstić information content (AvgIpc) is 2.16. The van der Waals surface area contributed by atoms with E-state index in [1.807, 2.05) is 6.92 Å². The second-order valence-electron chi connectivity index (χ2n) is 3.63. The smallest absolute Gasteiger partial charge is 0.117 e. The molecule has 13 heavy (non-hydrogen) atoms. The zero-order valence-electron chi connectivity index (χ0n) is 8.00. The first kappa shape index (κ1) is 10.9. The minimum Gasteiger partial charge on any atom is -0.389 e. The van der Waals surface area contributed by atoms with Crippen molar-refractivity contribution in [3.63, 3.8) is 0 Å². The molecule has 3 nitrogen and oxygen atoms in total. The van der Waals surface area contributed by atoms with Gasteiger partial charge in [-0.15, -0.1) is 0 Å². The van der Waals surface area contributed by atoms with Crippen LogP contribution in [0.3, 0.4) is 0 Å². The van der Waals surface area contributed by atoms with Gasteiger partial charge in [-0.25, -0.2) is 4.39 Å². The van der Waals surface area contributed by atoms with Gasteiger partial charge in [-0.1, -0.05) is 0 Å². The summed E-state index contributed by atoms with van der Waals surface area (Å²) in [4.78, 5) is 0. The van der Waals surface area contributed by atoms with Crippen LogP contribution in [-0.4, -0.2) is 43.2 Å². The molecule has 0 radical (unpaired) electrons. The van der Waals surface area contributed by atoms with E-state index in [9.17, 15) is 4.39 Å². The Morgan fingerprint density at radius 2 is 2.38 bits per heavy atom. The third-order valence-electron chi connectivity index (χ3n) is 2.32. The molecule has 3 atom stereocenters. The first-order chi connectivity index (χ1) is 6.22. The van der Waals surface area contributed by atoms with Crippen LogP contribution in [0.2, 0.25) is 0 Å². The van der Waals surface area contributed by atoms with E-state index in [0.29, 0.717) is 19.3 Å². The molecule has 0 aliphatic carbocycles. The van der Waals surface area contributed by atoms with Crippen LogP contribution in [0.1, 0.15) is 19.8 Å². The van der Waals surface area contributed by atoms with Crippen LogP contribution in [-0.2, 0) is 4.74 Å². The molecule has 1 fully saturated rings. The summed E-state index contributed by atoms with van der Waals surface area (Å²) in [6, 6.07) is 0.275. The Balaban J connectivity index is 2.08. The quantitative estimate of drug-likeness (QED) is 0.679. The van der Waals surface area contributed by atoms with Crippen molar-refractivity contribution in [3.05, 3.63) is 0 Å². The molecule has 0 bridgehead atoms. The number of aliphatic hydroxyl groups is 1. The van der Waals surface area contributed by atoms with Crippen molar-refractivity contribution < 1.29 is 14.2 Å². The minimum atomic E-state index is -0.876. The van der Waals surface area contributed by atoms with E-state index in [-0.39, 0.29) is 6.04 Å². The predicted molar refractivity (Wildman–Crippen MR) is 48.4 cm³/mol. The van der Waals surface area contributed by atoms with Crippen LogP contribution in [0.5, 0.6) is 0 Å². The highest BCUT2D eigenvalue weighted by molar-refractivity contribution is 4.74. The fourth-order valence-corrected chi connectivity index (χ4v) is 1.40. The summed E-state index contributed by atoms with van der Waals surface area (Å²) in [6.07, 6.45) is 1.53. The van der Waals surface area contributed by atoms with Crippen molar-refractivity contribution in [3.8, 4) is 0 Å². The zero-order chi connectivity index (χ0) is 9.68. The molecule has 1 aliphatic heterocycles. The SMILES string of the molecule is CC1CCC(NCC(O)CF)CO1. The van der Waals surface area contributed by atoms with Crippen LogP contribution in [0.4, 0.5) is 4.39 Å². The highest BCUT2D eigenvalue weighted by Crippen LogP contribution is 2.12. The molecular formula is C9H18FNO2. The summed E-state index contributed by atoms with van der Waals surface area (Å²) >= 11 is 0. The second kappa shape index (κ2) is 5.52. The van der Waals surface area contributed by atoms with Crippen molar-refractivity contribution in [1.29, 1.82) is 0 Å². The third-order valence-corrected chi connectivity index (χ3v) is 2.32. The molecule has 1 heterocycles. The van der Waals surface area contributed by atoms with Gasteiger partial charge in [0, 0.05) is 12.6 Å². The molecule has 78 valence electrons. The maximum atomic E-state index is 11.9. The van der Waals surface area contributed by atoms with E-state index >= 15 is 0 Å². The van der Waals surface area contributed by atoms with Gasteiger partial charge in [0.25, 0.3) is 0 Å². The van der Waals surface area contributed by atoms with Crippen LogP contribution in [0, 0.1) is 0 Å². The van der Waals surface area contributed by atoms with Crippen LogP contribution in [0.15, 0.2) is 0 Å². The van der Waals surface area contributed by atoms with E-state index in [4.69, 9.17) is 9.84 Å². The lowest BCUT2D eigenvalue weighted by molar-refractivity contribution is 0.00526.